The highest BCUT2D eigenvalue weighted by atomic mass is 16.4. The summed E-state index contributed by atoms with van der Waals surface area (Å²) in [5.41, 5.74) is -0.0937. The first kappa shape index (κ1) is 12.8. The van der Waals surface area contributed by atoms with Gasteiger partial charge in [-0.3, -0.25) is 0 Å². The number of rotatable bonds is 4. The lowest BCUT2D eigenvalue weighted by atomic mass is 9.75. The Morgan fingerprint density at radius 2 is 2.06 bits per heavy atom. The third kappa shape index (κ3) is 2.46. The van der Waals surface area contributed by atoms with E-state index in [0.717, 1.165) is 25.7 Å². The van der Waals surface area contributed by atoms with Gasteiger partial charge in [-0.1, -0.05) is 6.92 Å². The van der Waals surface area contributed by atoms with Gasteiger partial charge >= 0.3 is 12.0 Å². The van der Waals surface area contributed by atoms with Crippen molar-refractivity contribution in [1.29, 1.82) is 0 Å². The van der Waals surface area contributed by atoms with Crippen LogP contribution in [0, 0.1) is 0 Å². The van der Waals surface area contributed by atoms with Crippen LogP contribution < -0.4 is 5.32 Å². The second-order valence-electron chi connectivity index (χ2n) is 4.54. The number of hydrogen-bond donors (Lipinski definition) is 2. The van der Waals surface area contributed by atoms with E-state index in [9.17, 15) is 9.59 Å². The van der Waals surface area contributed by atoms with E-state index >= 15 is 0 Å². The molecular formula is C11H20N2O3. The van der Waals surface area contributed by atoms with Gasteiger partial charge in [0.15, 0.2) is 0 Å². The van der Waals surface area contributed by atoms with E-state index in [1.807, 2.05) is 6.92 Å². The highest BCUT2D eigenvalue weighted by molar-refractivity contribution is 5.82. The summed E-state index contributed by atoms with van der Waals surface area (Å²) in [7, 11) is 1.51. The zero-order chi connectivity index (χ0) is 12.3. The Balaban J connectivity index is 2.54. The average molecular weight is 228 g/mol. The van der Waals surface area contributed by atoms with Gasteiger partial charge in [-0.2, -0.15) is 0 Å². The Labute approximate surface area is 95.8 Å². The number of carboxylic acids is 1. The number of carbonyl (C=O) groups excluding carboxylic acids is 1. The molecule has 0 aromatic rings. The fourth-order valence-corrected chi connectivity index (χ4v) is 1.83. The third-order valence-corrected chi connectivity index (χ3v) is 3.62. The van der Waals surface area contributed by atoms with Crippen molar-refractivity contribution in [2.45, 2.75) is 51.1 Å². The molecule has 5 heteroatoms. The molecule has 1 saturated carbocycles. The first-order valence-corrected chi connectivity index (χ1v) is 5.69. The molecule has 1 fully saturated rings. The van der Waals surface area contributed by atoms with Crippen LogP contribution in [0.15, 0.2) is 0 Å². The summed E-state index contributed by atoms with van der Waals surface area (Å²) in [6, 6.07) is -1.09. The van der Waals surface area contributed by atoms with Crippen molar-refractivity contribution < 1.29 is 14.7 Å². The van der Waals surface area contributed by atoms with E-state index in [-0.39, 0.29) is 11.6 Å². The molecule has 0 radical (unpaired) electrons. The maximum atomic E-state index is 11.8. The van der Waals surface area contributed by atoms with Crippen LogP contribution in [0.2, 0.25) is 0 Å². The van der Waals surface area contributed by atoms with Gasteiger partial charge in [0, 0.05) is 12.6 Å². The summed E-state index contributed by atoms with van der Waals surface area (Å²) >= 11 is 0. The molecule has 0 aromatic carbocycles. The number of amides is 2. The summed E-state index contributed by atoms with van der Waals surface area (Å²) < 4.78 is 0. The molecule has 0 bridgehead atoms. The van der Waals surface area contributed by atoms with Gasteiger partial charge in [0.05, 0.1) is 0 Å². The van der Waals surface area contributed by atoms with E-state index < -0.39 is 12.0 Å². The molecule has 5 nitrogen and oxygen atoms in total. The molecule has 0 aliphatic heterocycles. The quantitative estimate of drug-likeness (QED) is 0.764. The Morgan fingerprint density at radius 1 is 1.50 bits per heavy atom. The van der Waals surface area contributed by atoms with E-state index in [1.165, 1.54) is 18.9 Å². The normalized spacial score (nSPS) is 19.4. The minimum Gasteiger partial charge on any atom is -0.480 e. The summed E-state index contributed by atoms with van der Waals surface area (Å²) in [6.45, 7) is 3.54. The van der Waals surface area contributed by atoms with E-state index in [0.29, 0.717) is 0 Å². The monoisotopic (exact) mass is 228 g/mol. The first-order chi connectivity index (χ1) is 7.42. The second kappa shape index (κ2) is 4.72. The maximum absolute atomic E-state index is 11.8. The van der Waals surface area contributed by atoms with Crippen LogP contribution in [0.25, 0.3) is 0 Å². The highest BCUT2D eigenvalue weighted by Gasteiger charge is 2.37. The SMILES string of the molecule is CCC1(NC(=O)N(C)C(C)C(=O)O)CCC1. The molecule has 16 heavy (non-hydrogen) atoms. The zero-order valence-electron chi connectivity index (χ0n) is 10.1. The van der Waals surface area contributed by atoms with Gasteiger partial charge in [-0.25, -0.2) is 9.59 Å². The molecule has 1 rings (SSSR count). The molecule has 1 atom stereocenters. The molecule has 2 amide bonds. The molecule has 1 aliphatic rings. The number of likely N-dealkylation sites (N-methyl/N-ethyl adjacent to an activating group) is 1. The average Bonchev–Trinajstić information content (AvgIpc) is 2.20. The number of carboxylic acid groups (broad SMARTS) is 1. The van der Waals surface area contributed by atoms with E-state index in [1.54, 1.807) is 0 Å². The summed E-state index contributed by atoms with van der Waals surface area (Å²) in [4.78, 5) is 23.8. The van der Waals surface area contributed by atoms with Crippen molar-refractivity contribution in [3.05, 3.63) is 0 Å². The Kier molecular flexibility index (Phi) is 3.78. The fraction of sp³-hybridized carbons (Fsp3) is 0.818. The first-order valence-electron chi connectivity index (χ1n) is 5.69. The lowest BCUT2D eigenvalue weighted by Crippen LogP contribution is -2.58. The Hall–Kier alpha value is -1.26. The number of nitrogens with one attached hydrogen (secondary N) is 1. The number of aliphatic carboxylic acids is 1. The summed E-state index contributed by atoms with van der Waals surface area (Å²) in [5.74, 6) is -0.989. The largest absolute Gasteiger partial charge is 0.480 e. The molecule has 0 aromatic heterocycles. The minimum atomic E-state index is -0.989. The number of urea groups is 1. The second-order valence-corrected chi connectivity index (χ2v) is 4.54. The van der Waals surface area contributed by atoms with Gasteiger partial charge in [-0.05, 0) is 32.6 Å². The van der Waals surface area contributed by atoms with Crippen molar-refractivity contribution in [2.75, 3.05) is 7.05 Å². The standard InChI is InChI=1S/C11H20N2O3/c1-4-11(6-5-7-11)12-10(16)13(3)8(2)9(14)15/h8H,4-7H2,1-3H3,(H,12,16)(H,14,15). The van der Waals surface area contributed by atoms with Gasteiger partial charge in [0.25, 0.3) is 0 Å². The lowest BCUT2D eigenvalue weighted by Gasteiger charge is -2.43. The molecule has 1 aliphatic carbocycles. The Morgan fingerprint density at radius 3 is 2.38 bits per heavy atom. The molecule has 92 valence electrons. The van der Waals surface area contributed by atoms with Crippen LogP contribution in [0.4, 0.5) is 4.79 Å². The molecule has 0 spiro atoms. The number of nitrogens with zero attached hydrogens (tertiary/aromatic N) is 1. The lowest BCUT2D eigenvalue weighted by molar-refractivity contribution is -0.141. The van der Waals surface area contributed by atoms with Crippen molar-refractivity contribution in [3.8, 4) is 0 Å². The predicted octanol–water partition coefficient (Wildman–Crippen LogP) is 1.43. The molecule has 2 N–H and O–H groups in total. The Bertz CT molecular complexity index is 281. The van der Waals surface area contributed by atoms with Crippen molar-refractivity contribution >= 4 is 12.0 Å². The topological polar surface area (TPSA) is 69.6 Å². The minimum absolute atomic E-state index is 0.0937. The van der Waals surface area contributed by atoms with Gasteiger partial charge < -0.3 is 15.3 Å². The number of carbonyl (C=O) groups is 2. The van der Waals surface area contributed by atoms with Gasteiger partial charge in [0.1, 0.15) is 6.04 Å². The van der Waals surface area contributed by atoms with Crippen LogP contribution in [-0.2, 0) is 4.79 Å². The highest BCUT2D eigenvalue weighted by Crippen LogP contribution is 2.34. The maximum Gasteiger partial charge on any atom is 0.326 e. The van der Waals surface area contributed by atoms with E-state index in [2.05, 4.69) is 5.32 Å². The van der Waals surface area contributed by atoms with Gasteiger partial charge in [0.2, 0.25) is 0 Å². The molecule has 1 unspecified atom stereocenters. The van der Waals surface area contributed by atoms with Crippen LogP contribution in [0.1, 0.15) is 39.5 Å². The van der Waals surface area contributed by atoms with Crippen molar-refractivity contribution in [1.82, 2.24) is 10.2 Å². The van der Waals surface area contributed by atoms with Gasteiger partial charge in [-0.15, -0.1) is 0 Å². The fourth-order valence-electron chi connectivity index (χ4n) is 1.83. The van der Waals surface area contributed by atoms with Crippen LogP contribution in [-0.4, -0.2) is 40.6 Å². The predicted molar refractivity (Wildman–Crippen MR) is 60.3 cm³/mol. The van der Waals surface area contributed by atoms with Crippen LogP contribution >= 0.6 is 0 Å². The zero-order valence-corrected chi connectivity index (χ0v) is 10.1. The smallest absolute Gasteiger partial charge is 0.326 e. The number of hydrogen-bond acceptors (Lipinski definition) is 2. The van der Waals surface area contributed by atoms with Crippen LogP contribution in [0.3, 0.4) is 0 Å². The summed E-state index contributed by atoms with van der Waals surface area (Å²) in [6.07, 6.45) is 4.01. The molecule has 0 heterocycles. The third-order valence-electron chi connectivity index (χ3n) is 3.62. The summed E-state index contributed by atoms with van der Waals surface area (Å²) in [5, 5.41) is 11.7. The molecular weight excluding hydrogens is 208 g/mol. The van der Waals surface area contributed by atoms with E-state index in [4.69, 9.17) is 5.11 Å². The molecule has 0 saturated heterocycles. The van der Waals surface area contributed by atoms with Crippen LogP contribution in [0.5, 0.6) is 0 Å². The van der Waals surface area contributed by atoms with Crippen molar-refractivity contribution in [3.63, 3.8) is 0 Å². The van der Waals surface area contributed by atoms with Crippen molar-refractivity contribution in [2.24, 2.45) is 0 Å².